The lowest BCUT2D eigenvalue weighted by Crippen LogP contribution is -2.14. The molecule has 0 saturated carbocycles. The van der Waals surface area contributed by atoms with Crippen LogP contribution in [-0.2, 0) is 12.8 Å². The summed E-state index contributed by atoms with van der Waals surface area (Å²) in [7, 11) is 1.64. The van der Waals surface area contributed by atoms with Crippen LogP contribution in [0, 0.1) is 0 Å². The number of aromatic carboxylic acids is 1. The lowest BCUT2D eigenvalue weighted by molar-refractivity contribution is 0.0703. The van der Waals surface area contributed by atoms with E-state index in [2.05, 4.69) is 10.3 Å². The Kier molecular flexibility index (Phi) is 7.25. The van der Waals surface area contributed by atoms with Crippen molar-refractivity contribution in [3.63, 3.8) is 0 Å². The molecule has 0 aliphatic heterocycles. The third-order valence-electron chi connectivity index (χ3n) is 5.91. The molecular formula is C25H29N3O4S. The van der Waals surface area contributed by atoms with Crippen molar-refractivity contribution in [3.05, 3.63) is 40.4 Å². The van der Waals surface area contributed by atoms with Crippen LogP contribution in [0.1, 0.15) is 53.5 Å². The Morgan fingerprint density at radius 3 is 2.67 bits per heavy atom. The van der Waals surface area contributed by atoms with E-state index in [0.29, 0.717) is 30.9 Å². The van der Waals surface area contributed by atoms with Gasteiger partial charge in [-0.2, -0.15) is 0 Å². The standard InChI is InChI=1S/C25H29N3O4S/c1-3-19(26-13-6-14-29)28-22-21-20(15-9-11-16(32-2)12-10-15)17-7-4-5-8-18(17)27-24(21)33-23(22)25(30)31/h9-12,29H,3-8,13-14H2,1-2H3,(H,26,28)(H,30,31). The van der Waals surface area contributed by atoms with E-state index in [1.807, 2.05) is 31.2 Å². The Morgan fingerprint density at radius 1 is 1.24 bits per heavy atom. The molecule has 0 amide bonds. The Morgan fingerprint density at radius 2 is 2.00 bits per heavy atom. The second-order valence-electron chi connectivity index (χ2n) is 8.02. The van der Waals surface area contributed by atoms with Gasteiger partial charge in [0, 0.05) is 30.7 Å². The van der Waals surface area contributed by atoms with Crippen molar-refractivity contribution in [2.75, 3.05) is 25.6 Å². The van der Waals surface area contributed by atoms with Gasteiger partial charge in [0.1, 0.15) is 21.3 Å². The van der Waals surface area contributed by atoms with Gasteiger partial charge in [-0.05, 0) is 60.9 Å². The zero-order valence-electron chi connectivity index (χ0n) is 19.0. The zero-order valence-corrected chi connectivity index (χ0v) is 19.8. The number of nitrogens with zero attached hydrogens (tertiary/aromatic N) is 2. The number of aliphatic hydroxyl groups is 1. The number of aryl methyl sites for hydroxylation is 1. The highest BCUT2D eigenvalue weighted by molar-refractivity contribution is 7.21. The minimum atomic E-state index is -0.982. The number of hydrogen-bond donors (Lipinski definition) is 3. The summed E-state index contributed by atoms with van der Waals surface area (Å²) < 4.78 is 5.34. The number of carboxylic acid groups (broad SMARTS) is 1. The highest BCUT2D eigenvalue weighted by Crippen LogP contribution is 2.45. The average Bonchev–Trinajstić information content (AvgIpc) is 3.20. The highest BCUT2D eigenvalue weighted by Gasteiger charge is 2.27. The first-order valence-corrected chi connectivity index (χ1v) is 12.2. The van der Waals surface area contributed by atoms with Crippen LogP contribution >= 0.6 is 11.3 Å². The van der Waals surface area contributed by atoms with Crippen molar-refractivity contribution in [2.24, 2.45) is 4.99 Å². The van der Waals surface area contributed by atoms with Crippen LogP contribution in [0.25, 0.3) is 21.3 Å². The number of aliphatic hydroxyl groups excluding tert-OH is 1. The summed E-state index contributed by atoms with van der Waals surface area (Å²) in [6.07, 6.45) is 5.19. The molecule has 0 saturated heterocycles. The van der Waals surface area contributed by atoms with Gasteiger partial charge in [-0.15, -0.1) is 11.3 Å². The van der Waals surface area contributed by atoms with Crippen LogP contribution in [0.15, 0.2) is 29.3 Å². The number of nitrogens with one attached hydrogen (secondary N) is 1. The number of hydrogen-bond acceptors (Lipinski definition) is 6. The van der Waals surface area contributed by atoms with Crippen molar-refractivity contribution in [3.8, 4) is 16.9 Å². The van der Waals surface area contributed by atoms with Crippen molar-refractivity contribution in [2.45, 2.75) is 45.4 Å². The quantitative estimate of drug-likeness (QED) is 0.240. The number of carbonyl (C=O) groups is 1. The fourth-order valence-electron chi connectivity index (χ4n) is 4.30. The van der Waals surface area contributed by atoms with Gasteiger partial charge in [0.2, 0.25) is 0 Å². The maximum absolute atomic E-state index is 12.2. The van der Waals surface area contributed by atoms with Gasteiger partial charge in [0.05, 0.1) is 12.8 Å². The molecule has 3 aromatic rings. The van der Waals surface area contributed by atoms with Gasteiger partial charge in [0.15, 0.2) is 0 Å². The Hall–Kier alpha value is -2.97. The Balaban J connectivity index is 1.96. The third-order valence-corrected chi connectivity index (χ3v) is 6.98. The number of carboxylic acids is 1. The van der Waals surface area contributed by atoms with E-state index in [1.54, 1.807) is 7.11 Å². The first-order chi connectivity index (χ1) is 16.1. The van der Waals surface area contributed by atoms with Gasteiger partial charge in [-0.1, -0.05) is 19.1 Å². The Labute approximate surface area is 197 Å². The predicted molar refractivity (Wildman–Crippen MR) is 133 cm³/mol. The number of fused-ring (bicyclic) bond motifs is 2. The van der Waals surface area contributed by atoms with Crippen LogP contribution in [0.3, 0.4) is 0 Å². The van der Waals surface area contributed by atoms with E-state index < -0.39 is 5.97 Å². The molecule has 33 heavy (non-hydrogen) atoms. The molecule has 1 aliphatic rings. The Bertz CT molecular complexity index is 1180. The first-order valence-electron chi connectivity index (χ1n) is 11.3. The molecule has 0 spiro atoms. The second-order valence-corrected chi connectivity index (χ2v) is 9.02. The number of pyridine rings is 1. The first kappa shape index (κ1) is 23.2. The average molecular weight is 468 g/mol. The number of anilines is 1. The van der Waals surface area contributed by atoms with Crippen LogP contribution in [0.4, 0.5) is 5.69 Å². The lowest BCUT2D eigenvalue weighted by Gasteiger charge is -2.21. The SMILES string of the molecule is CCC(=NCCCO)Nc1c(C(=O)O)sc2nc3c(c(-c4ccc(OC)cc4)c12)CCCC3. The van der Waals surface area contributed by atoms with Gasteiger partial charge in [0.25, 0.3) is 0 Å². The molecule has 0 radical (unpaired) electrons. The predicted octanol–water partition coefficient (Wildman–Crippen LogP) is 5.15. The molecule has 1 aromatic carbocycles. The molecule has 0 atom stereocenters. The monoisotopic (exact) mass is 467 g/mol. The molecule has 8 heteroatoms. The maximum Gasteiger partial charge on any atom is 0.348 e. The summed E-state index contributed by atoms with van der Waals surface area (Å²) in [6.45, 7) is 2.53. The molecule has 2 aromatic heterocycles. The van der Waals surface area contributed by atoms with Crippen molar-refractivity contribution < 1.29 is 19.7 Å². The number of aromatic nitrogens is 1. The summed E-state index contributed by atoms with van der Waals surface area (Å²) in [5.74, 6) is 0.492. The van der Waals surface area contributed by atoms with Crippen LogP contribution in [0.5, 0.6) is 5.75 Å². The van der Waals surface area contributed by atoms with Gasteiger partial charge >= 0.3 is 5.97 Å². The van der Waals surface area contributed by atoms with E-state index >= 15 is 0 Å². The fourth-order valence-corrected chi connectivity index (χ4v) is 5.30. The lowest BCUT2D eigenvalue weighted by atomic mass is 9.87. The maximum atomic E-state index is 12.2. The molecule has 2 heterocycles. The van der Waals surface area contributed by atoms with E-state index in [1.165, 1.54) is 16.9 Å². The molecule has 4 rings (SSSR count). The van der Waals surface area contributed by atoms with E-state index in [-0.39, 0.29) is 11.5 Å². The smallest absolute Gasteiger partial charge is 0.348 e. The van der Waals surface area contributed by atoms with Crippen molar-refractivity contribution in [1.29, 1.82) is 0 Å². The number of methoxy groups -OCH3 is 1. The van der Waals surface area contributed by atoms with Crippen LogP contribution in [0.2, 0.25) is 0 Å². The molecule has 7 nitrogen and oxygen atoms in total. The number of thiophene rings is 1. The molecule has 0 unspecified atom stereocenters. The van der Waals surface area contributed by atoms with Gasteiger partial charge < -0.3 is 20.3 Å². The highest BCUT2D eigenvalue weighted by atomic mass is 32.1. The minimum Gasteiger partial charge on any atom is -0.497 e. The topological polar surface area (TPSA) is 104 Å². The molecule has 174 valence electrons. The molecule has 3 N–H and O–H groups in total. The van der Waals surface area contributed by atoms with E-state index in [9.17, 15) is 9.90 Å². The second kappa shape index (κ2) is 10.3. The van der Waals surface area contributed by atoms with Crippen LogP contribution < -0.4 is 10.1 Å². The third kappa shape index (κ3) is 4.72. The molecular weight excluding hydrogens is 438 g/mol. The van der Waals surface area contributed by atoms with Crippen molar-refractivity contribution >= 4 is 39.0 Å². The van der Waals surface area contributed by atoms with E-state index in [4.69, 9.17) is 14.8 Å². The number of rotatable bonds is 8. The zero-order chi connectivity index (χ0) is 23.4. The summed E-state index contributed by atoms with van der Waals surface area (Å²) in [6, 6.07) is 7.92. The summed E-state index contributed by atoms with van der Waals surface area (Å²) >= 11 is 1.21. The molecule has 0 fully saturated rings. The number of aliphatic imine (C=N–C) groups is 1. The van der Waals surface area contributed by atoms with Crippen LogP contribution in [-0.4, -0.2) is 47.3 Å². The summed E-state index contributed by atoms with van der Waals surface area (Å²) in [5, 5.41) is 23.3. The largest absolute Gasteiger partial charge is 0.497 e. The van der Waals surface area contributed by atoms with E-state index in [0.717, 1.165) is 58.5 Å². The number of ether oxygens (including phenoxy) is 1. The fraction of sp³-hybridized carbons (Fsp3) is 0.400. The normalized spacial score (nSPS) is 13.7. The summed E-state index contributed by atoms with van der Waals surface area (Å²) in [4.78, 5) is 22.7. The minimum absolute atomic E-state index is 0.0694. The number of benzene rings is 1. The number of amidine groups is 1. The van der Waals surface area contributed by atoms with Crippen molar-refractivity contribution in [1.82, 2.24) is 4.98 Å². The van der Waals surface area contributed by atoms with Gasteiger partial charge in [-0.25, -0.2) is 9.78 Å². The van der Waals surface area contributed by atoms with Gasteiger partial charge in [-0.3, -0.25) is 4.99 Å². The molecule has 0 bridgehead atoms. The summed E-state index contributed by atoms with van der Waals surface area (Å²) in [5.41, 5.74) is 4.89. The molecule has 1 aliphatic carbocycles.